The average Bonchev–Trinajstić information content (AvgIpc) is 3.02. The van der Waals surface area contributed by atoms with Gasteiger partial charge in [0.05, 0.1) is 24.8 Å². The van der Waals surface area contributed by atoms with Crippen LogP contribution in [0.25, 0.3) is 0 Å². The summed E-state index contributed by atoms with van der Waals surface area (Å²) in [5.41, 5.74) is 1.11. The van der Waals surface area contributed by atoms with Crippen molar-refractivity contribution in [1.29, 1.82) is 0 Å². The van der Waals surface area contributed by atoms with Crippen molar-refractivity contribution < 1.29 is 9.47 Å². The van der Waals surface area contributed by atoms with Crippen molar-refractivity contribution in [2.75, 3.05) is 46.1 Å². The first-order valence-corrected chi connectivity index (χ1v) is 10.2. The molecule has 0 fully saturated rings. The van der Waals surface area contributed by atoms with Gasteiger partial charge in [0, 0.05) is 43.7 Å². The van der Waals surface area contributed by atoms with Crippen LogP contribution in [0, 0.1) is 6.92 Å². The van der Waals surface area contributed by atoms with Gasteiger partial charge in [-0.15, -0.1) is 35.3 Å². The second-order valence-electron chi connectivity index (χ2n) is 5.75. The van der Waals surface area contributed by atoms with Gasteiger partial charge in [0.1, 0.15) is 0 Å². The minimum Gasteiger partial charge on any atom is -0.379 e. The van der Waals surface area contributed by atoms with E-state index in [-0.39, 0.29) is 24.0 Å². The summed E-state index contributed by atoms with van der Waals surface area (Å²) in [5.74, 6) is 0.848. The molecule has 1 aromatic rings. The number of thiazole rings is 1. The third kappa shape index (κ3) is 13.7. The smallest absolute Gasteiger partial charge is 0.191 e. The molecule has 26 heavy (non-hydrogen) atoms. The zero-order chi connectivity index (χ0) is 18.2. The summed E-state index contributed by atoms with van der Waals surface area (Å²) < 4.78 is 11.0. The van der Waals surface area contributed by atoms with Gasteiger partial charge in [-0.3, -0.25) is 4.99 Å². The number of hydrogen-bond donors (Lipinski definition) is 2. The third-order valence-corrected chi connectivity index (χ3v) is 4.41. The molecular formula is C18H35IN4O2S. The lowest BCUT2D eigenvalue weighted by atomic mass is 10.3. The molecule has 152 valence electrons. The first-order valence-electron chi connectivity index (χ1n) is 9.35. The monoisotopic (exact) mass is 498 g/mol. The van der Waals surface area contributed by atoms with Crippen molar-refractivity contribution in [2.45, 2.75) is 46.5 Å². The summed E-state index contributed by atoms with van der Waals surface area (Å²) in [6.45, 7) is 11.4. The third-order valence-electron chi connectivity index (χ3n) is 3.38. The maximum absolute atomic E-state index is 5.55. The summed E-state index contributed by atoms with van der Waals surface area (Å²) >= 11 is 1.73. The Bertz CT molecular complexity index is 472. The van der Waals surface area contributed by atoms with Gasteiger partial charge in [-0.05, 0) is 26.7 Å². The number of aromatic nitrogens is 1. The van der Waals surface area contributed by atoms with E-state index in [1.54, 1.807) is 11.3 Å². The summed E-state index contributed by atoms with van der Waals surface area (Å²) in [6.07, 6.45) is 4.28. The second-order valence-corrected chi connectivity index (χ2v) is 6.69. The lowest BCUT2D eigenvalue weighted by molar-refractivity contribution is 0.0487. The molecule has 0 unspecified atom stereocenters. The highest BCUT2D eigenvalue weighted by molar-refractivity contribution is 14.0. The van der Waals surface area contributed by atoms with E-state index in [9.17, 15) is 0 Å². The van der Waals surface area contributed by atoms with E-state index < -0.39 is 0 Å². The molecule has 0 aromatic carbocycles. The normalized spacial score (nSPS) is 11.3. The summed E-state index contributed by atoms with van der Waals surface area (Å²) in [7, 11) is 0. The van der Waals surface area contributed by atoms with Crippen LogP contribution in [0.4, 0.5) is 0 Å². The number of guanidine groups is 1. The van der Waals surface area contributed by atoms with Crippen LogP contribution in [-0.2, 0) is 15.9 Å². The van der Waals surface area contributed by atoms with Crippen molar-refractivity contribution >= 4 is 41.3 Å². The van der Waals surface area contributed by atoms with Gasteiger partial charge in [-0.2, -0.15) is 0 Å². The minimum atomic E-state index is 0. The standard InChI is InChI=1S/C18H34N4O2S.HI/c1-4-6-11-23-13-14-24-12-10-21-18(19-5-2)20-9-7-8-17-22-16(3)15-25-17;/h15H,4-14H2,1-3H3,(H2,19,20,21);1H. The molecule has 2 N–H and O–H groups in total. The molecule has 1 heterocycles. The van der Waals surface area contributed by atoms with Crippen LogP contribution in [0.1, 0.15) is 43.8 Å². The molecule has 0 aliphatic carbocycles. The Labute approximate surface area is 179 Å². The van der Waals surface area contributed by atoms with Crippen LogP contribution in [0.5, 0.6) is 0 Å². The number of hydrogen-bond acceptors (Lipinski definition) is 5. The molecule has 0 radical (unpaired) electrons. The molecule has 0 aliphatic heterocycles. The highest BCUT2D eigenvalue weighted by atomic mass is 127. The Kier molecular flexibility index (Phi) is 17.6. The SMILES string of the molecule is CCCCOCCOCCNC(=NCCCc1nc(C)cs1)NCC.I. The highest BCUT2D eigenvalue weighted by Gasteiger charge is 2.00. The number of rotatable bonds is 14. The molecule has 8 heteroatoms. The Balaban J connectivity index is 0.00000625. The fourth-order valence-electron chi connectivity index (χ4n) is 2.09. The fourth-order valence-corrected chi connectivity index (χ4v) is 2.91. The van der Waals surface area contributed by atoms with Crippen molar-refractivity contribution in [2.24, 2.45) is 4.99 Å². The van der Waals surface area contributed by atoms with Crippen LogP contribution in [0.15, 0.2) is 10.4 Å². The highest BCUT2D eigenvalue weighted by Crippen LogP contribution is 2.10. The Morgan fingerprint density at radius 2 is 1.88 bits per heavy atom. The lowest BCUT2D eigenvalue weighted by Crippen LogP contribution is -2.39. The van der Waals surface area contributed by atoms with E-state index in [2.05, 4.69) is 39.8 Å². The van der Waals surface area contributed by atoms with Crippen molar-refractivity contribution in [3.05, 3.63) is 16.1 Å². The van der Waals surface area contributed by atoms with Gasteiger partial charge in [0.25, 0.3) is 0 Å². The van der Waals surface area contributed by atoms with E-state index in [4.69, 9.17) is 9.47 Å². The largest absolute Gasteiger partial charge is 0.379 e. The second kappa shape index (κ2) is 17.9. The maximum Gasteiger partial charge on any atom is 0.191 e. The molecule has 6 nitrogen and oxygen atoms in total. The minimum absolute atomic E-state index is 0. The van der Waals surface area contributed by atoms with E-state index in [1.807, 2.05) is 6.92 Å². The van der Waals surface area contributed by atoms with E-state index in [1.165, 1.54) is 11.4 Å². The summed E-state index contributed by atoms with van der Waals surface area (Å²) in [4.78, 5) is 9.07. The predicted octanol–water partition coefficient (Wildman–Crippen LogP) is 3.39. The van der Waals surface area contributed by atoms with Crippen LogP contribution >= 0.6 is 35.3 Å². The van der Waals surface area contributed by atoms with Crippen LogP contribution in [0.2, 0.25) is 0 Å². The van der Waals surface area contributed by atoms with E-state index >= 15 is 0 Å². The molecule has 1 rings (SSSR count). The quantitative estimate of drug-likeness (QED) is 0.178. The summed E-state index contributed by atoms with van der Waals surface area (Å²) in [6, 6.07) is 0. The Morgan fingerprint density at radius 1 is 1.12 bits per heavy atom. The van der Waals surface area contributed by atoms with Gasteiger partial charge in [0.15, 0.2) is 5.96 Å². The number of nitrogens with one attached hydrogen (secondary N) is 2. The number of unbranched alkanes of at least 4 members (excludes halogenated alkanes) is 1. The Hall–Kier alpha value is -0.450. The summed E-state index contributed by atoms with van der Waals surface area (Å²) in [5, 5.41) is 9.84. The zero-order valence-electron chi connectivity index (χ0n) is 16.4. The molecule has 0 aliphatic rings. The number of halogens is 1. The van der Waals surface area contributed by atoms with Crippen molar-refractivity contribution in [3.63, 3.8) is 0 Å². The molecule has 0 atom stereocenters. The van der Waals surface area contributed by atoms with Crippen LogP contribution < -0.4 is 10.6 Å². The van der Waals surface area contributed by atoms with Gasteiger partial charge in [-0.1, -0.05) is 13.3 Å². The average molecular weight is 498 g/mol. The molecule has 0 bridgehead atoms. The lowest BCUT2D eigenvalue weighted by Gasteiger charge is -2.11. The molecular weight excluding hydrogens is 463 g/mol. The number of aliphatic imine (C=N–C) groups is 1. The number of aryl methyl sites for hydroxylation is 2. The van der Waals surface area contributed by atoms with Gasteiger partial charge in [0.2, 0.25) is 0 Å². The molecule has 0 spiro atoms. The molecule has 0 saturated carbocycles. The number of ether oxygens (including phenoxy) is 2. The molecule has 1 aromatic heterocycles. The fraction of sp³-hybridized carbons (Fsp3) is 0.778. The maximum atomic E-state index is 5.55. The first kappa shape index (κ1) is 25.6. The molecule has 0 saturated heterocycles. The van der Waals surface area contributed by atoms with E-state index in [0.717, 1.165) is 57.2 Å². The Morgan fingerprint density at radius 3 is 2.54 bits per heavy atom. The number of nitrogens with zero attached hydrogens (tertiary/aromatic N) is 2. The first-order chi connectivity index (χ1) is 12.3. The van der Waals surface area contributed by atoms with E-state index in [0.29, 0.717) is 19.8 Å². The zero-order valence-corrected chi connectivity index (χ0v) is 19.5. The van der Waals surface area contributed by atoms with Gasteiger partial charge < -0.3 is 20.1 Å². The van der Waals surface area contributed by atoms with Gasteiger partial charge in [-0.25, -0.2) is 4.98 Å². The van der Waals surface area contributed by atoms with Crippen LogP contribution in [-0.4, -0.2) is 57.0 Å². The molecule has 0 amide bonds. The van der Waals surface area contributed by atoms with Crippen molar-refractivity contribution in [3.8, 4) is 0 Å². The topological polar surface area (TPSA) is 67.8 Å². The predicted molar refractivity (Wildman–Crippen MR) is 121 cm³/mol. The van der Waals surface area contributed by atoms with Gasteiger partial charge >= 0.3 is 0 Å². The van der Waals surface area contributed by atoms with Crippen LogP contribution in [0.3, 0.4) is 0 Å². The van der Waals surface area contributed by atoms with Crippen molar-refractivity contribution in [1.82, 2.24) is 15.6 Å².